The zero-order valence-corrected chi connectivity index (χ0v) is 8.83. The molecule has 1 aromatic carbocycles. The Kier molecular flexibility index (Phi) is 3.38. The van der Waals surface area contributed by atoms with Crippen LogP contribution in [0.25, 0.3) is 0 Å². The van der Waals surface area contributed by atoms with Gasteiger partial charge in [-0.25, -0.2) is 0 Å². The Bertz CT molecular complexity index is 538. The normalized spacial score (nSPS) is 11.1. The SMILES string of the molecule is NC(=O)CC(=O)c1cccc(S(=O)(=O)F)c1. The van der Waals surface area contributed by atoms with E-state index in [1.165, 1.54) is 12.1 Å². The van der Waals surface area contributed by atoms with Gasteiger partial charge in [-0.05, 0) is 12.1 Å². The highest BCUT2D eigenvalue weighted by molar-refractivity contribution is 7.86. The standard InChI is InChI=1S/C9H8FNO4S/c10-16(14,15)7-3-1-2-6(4-7)8(12)5-9(11)13/h1-4H,5H2,(H2,11,13). The summed E-state index contributed by atoms with van der Waals surface area (Å²) in [5, 5.41) is 0. The van der Waals surface area contributed by atoms with Crippen molar-refractivity contribution in [3.05, 3.63) is 29.8 Å². The Labute approximate surface area is 91.3 Å². The molecule has 5 nitrogen and oxygen atoms in total. The first-order chi connectivity index (χ1) is 7.30. The molecule has 0 bridgehead atoms. The number of nitrogens with two attached hydrogens (primary N) is 1. The second kappa shape index (κ2) is 4.40. The summed E-state index contributed by atoms with van der Waals surface area (Å²) in [7, 11) is -4.86. The van der Waals surface area contributed by atoms with Crippen molar-refractivity contribution >= 4 is 21.9 Å². The number of halogens is 1. The number of carbonyl (C=O) groups is 2. The number of benzene rings is 1. The van der Waals surface area contributed by atoms with Gasteiger partial charge in [0.05, 0.1) is 11.3 Å². The Balaban J connectivity index is 3.09. The molecule has 2 N–H and O–H groups in total. The summed E-state index contributed by atoms with van der Waals surface area (Å²) < 4.78 is 33.7. The van der Waals surface area contributed by atoms with Gasteiger partial charge in [-0.1, -0.05) is 12.1 Å². The summed E-state index contributed by atoms with van der Waals surface area (Å²) in [4.78, 5) is 21.2. The summed E-state index contributed by atoms with van der Waals surface area (Å²) in [6, 6.07) is 4.36. The summed E-state index contributed by atoms with van der Waals surface area (Å²) in [5.41, 5.74) is 4.73. The lowest BCUT2D eigenvalue weighted by atomic mass is 10.1. The summed E-state index contributed by atoms with van der Waals surface area (Å²) in [6.45, 7) is 0. The van der Waals surface area contributed by atoms with Crippen LogP contribution in [0.1, 0.15) is 16.8 Å². The van der Waals surface area contributed by atoms with E-state index in [9.17, 15) is 21.9 Å². The maximum absolute atomic E-state index is 12.6. The molecule has 1 amide bonds. The lowest BCUT2D eigenvalue weighted by Gasteiger charge is -2.00. The van der Waals surface area contributed by atoms with Crippen molar-refractivity contribution in [1.82, 2.24) is 0 Å². The Morgan fingerprint density at radius 1 is 1.31 bits per heavy atom. The molecule has 0 unspecified atom stereocenters. The topological polar surface area (TPSA) is 94.3 Å². The lowest BCUT2D eigenvalue weighted by molar-refractivity contribution is -0.117. The molecule has 0 saturated carbocycles. The van der Waals surface area contributed by atoms with Gasteiger partial charge in [0.25, 0.3) is 0 Å². The average molecular weight is 245 g/mol. The fourth-order valence-corrected chi connectivity index (χ4v) is 1.59. The van der Waals surface area contributed by atoms with Crippen molar-refractivity contribution in [1.29, 1.82) is 0 Å². The summed E-state index contributed by atoms with van der Waals surface area (Å²) in [6.07, 6.45) is -0.546. The van der Waals surface area contributed by atoms with Crippen LogP contribution in [-0.2, 0) is 15.0 Å². The van der Waals surface area contributed by atoms with Gasteiger partial charge in [-0.2, -0.15) is 8.42 Å². The van der Waals surface area contributed by atoms with E-state index in [2.05, 4.69) is 0 Å². The van der Waals surface area contributed by atoms with Gasteiger partial charge in [0.2, 0.25) is 5.91 Å². The smallest absolute Gasteiger partial charge is 0.332 e. The van der Waals surface area contributed by atoms with Gasteiger partial charge < -0.3 is 5.73 Å². The zero-order chi connectivity index (χ0) is 12.3. The van der Waals surface area contributed by atoms with Gasteiger partial charge in [-0.3, -0.25) is 9.59 Å². The largest absolute Gasteiger partial charge is 0.369 e. The maximum atomic E-state index is 12.6. The molecule has 0 aliphatic carbocycles. The monoisotopic (exact) mass is 245 g/mol. The molecule has 0 aromatic heterocycles. The average Bonchev–Trinajstić information content (AvgIpc) is 2.15. The second-order valence-electron chi connectivity index (χ2n) is 3.03. The van der Waals surface area contributed by atoms with Crippen molar-refractivity contribution in [3.8, 4) is 0 Å². The summed E-state index contributed by atoms with van der Waals surface area (Å²) in [5.74, 6) is -1.49. The van der Waals surface area contributed by atoms with E-state index in [4.69, 9.17) is 5.73 Å². The van der Waals surface area contributed by atoms with Gasteiger partial charge in [-0.15, -0.1) is 3.89 Å². The number of Topliss-reactive ketones (excluding diaryl/α,β-unsaturated/α-hetero) is 1. The van der Waals surface area contributed by atoms with Crippen LogP contribution < -0.4 is 5.73 Å². The van der Waals surface area contributed by atoms with Crippen LogP contribution >= 0.6 is 0 Å². The number of hydrogen-bond acceptors (Lipinski definition) is 4. The highest BCUT2D eigenvalue weighted by atomic mass is 32.3. The van der Waals surface area contributed by atoms with E-state index in [0.29, 0.717) is 0 Å². The van der Waals surface area contributed by atoms with E-state index < -0.39 is 33.2 Å². The minimum absolute atomic E-state index is 0.0717. The highest BCUT2D eigenvalue weighted by Crippen LogP contribution is 2.14. The van der Waals surface area contributed by atoms with Crippen LogP contribution in [0.2, 0.25) is 0 Å². The van der Waals surface area contributed by atoms with E-state index >= 15 is 0 Å². The quantitative estimate of drug-likeness (QED) is 0.472. The molecule has 0 atom stereocenters. The third-order valence-corrected chi connectivity index (χ3v) is 2.59. The van der Waals surface area contributed by atoms with E-state index in [1.54, 1.807) is 0 Å². The number of rotatable bonds is 4. The molecule has 7 heteroatoms. The first-order valence-electron chi connectivity index (χ1n) is 4.17. The molecule has 0 radical (unpaired) electrons. The first kappa shape index (κ1) is 12.3. The third-order valence-electron chi connectivity index (χ3n) is 1.77. The van der Waals surface area contributed by atoms with Gasteiger partial charge in [0.1, 0.15) is 0 Å². The van der Waals surface area contributed by atoms with Crippen LogP contribution in [-0.4, -0.2) is 20.1 Å². The third kappa shape index (κ3) is 3.13. The van der Waals surface area contributed by atoms with E-state index in [-0.39, 0.29) is 5.56 Å². The molecule has 0 saturated heterocycles. The molecule has 0 aliphatic rings. The molecular weight excluding hydrogens is 237 g/mol. The molecule has 0 heterocycles. The van der Waals surface area contributed by atoms with Crippen molar-refractivity contribution in [2.75, 3.05) is 0 Å². The number of amides is 1. The summed E-state index contributed by atoms with van der Waals surface area (Å²) >= 11 is 0. The Morgan fingerprint density at radius 3 is 2.44 bits per heavy atom. The Hall–Kier alpha value is -1.76. The molecule has 16 heavy (non-hydrogen) atoms. The van der Waals surface area contributed by atoms with Gasteiger partial charge in [0, 0.05) is 5.56 Å². The predicted octanol–water partition coefficient (Wildman–Crippen LogP) is 0.403. The van der Waals surface area contributed by atoms with Crippen molar-refractivity contribution < 1.29 is 21.9 Å². The van der Waals surface area contributed by atoms with E-state index in [1.807, 2.05) is 0 Å². The zero-order valence-electron chi connectivity index (χ0n) is 8.01. The molecule has 0 spiro atoms. The maximum Gasteiger partial charge on any atom is 0.332 e. The molecule has 1 rings (SSSR count). The predicted molar refractivity (Wildman–Crippen MR) is 52.9 cm³/mol. The lowest BCUT2D eigenvalue weighted by Crippen LogP contribution is -2.16. The molecule has 1 aromatic rings. The minimum atomic E-state index is -4.86. The van der Waals surface area contributed by atoms with E-state index in [0.717, 1.165) is 12.1 Å². The number of primary amides is 1. The van der Waals surface area contributed by atoms with Crippen LogP contribution in [0.3, 0.4) is 0 Å². The number of carbonyl (C=O) groups excluding carboxylic acids is 2. The Morgan fingerprint density at radius 2 is 1.94 bits per heavy atom. The molecule has 86 valence electrons. The second-order valence-corrected chi connectivity index (χ2v) is 4.38. The number of hydrogen-bond donors (Lipinski definition) is 1. The van der Waals surface area contributed by atoms with Crippen LogP contribution in [0.15, 0.2) is 29.2 Å². The highest BCUT2D eigenvalue weighted by Gasteiger charge is 2.15. The van der Waals surface area contributed by atoms with Gasteiger partial charge >= 0.3 is 10.2 Å². The first-order valence-corrected chi connectivity index (χ1v) is 5.55. The van der Waals surface area contributed by atoms with Crippen molar-refractivity contribution in [3.63, 3.8) is 0 Å². The number of ketones is 1. The van der Waals surface area contributed by atoms with Crippen LogP contribution in [0.5, 0.6) is 0 Å². The van der Waals surface area contributed by atoms with Crippen LogP contribution in [0.4, 0.5) is 3.89 Å². The molecule has 0 aliphatic heterocycles. The minimum Gasteiger partial charge on any atom is -0.369 e. The van der Waals surface area contributed by atoms with Gasteiger partial charge in [0.15, 0.2) is 5.78 Å². The van der Waals surface area contributed by atoms with Crippen LogP contribution in [0, 0.1) is 0 Å². The molecule has 0 fully saturated rings. The fourth-order valence-electron chi connectivity index (χ4n) is 1.08. The molecular formula is C9H8FNO4S. The fraction of sp³-hybridized carbons (Fsp3) is 0.111. The van der Waals surface area contributed by atoms with Crippen molar-refractivity contribution in [2.45, 2.75) is 11.3 Å². The van der Waals surface area contributed by atoms with Crippen molar-refractivity contribution in [2.24, 2.45) is 5.73 Å².